The molecule has 0 saturated carbocycles. The van der Waals surface area contributed by atoms with Crippen LogP contribution in [0.25, 0.3) is 0 Å². The molecule has 0 rings (SSSR count). The second-order valence-electron chi connectivity index (χ2n) is 8.46. The summed E-state index contributed by atoms with van der Waals surface area (Å²) >= 11 is 0. The third-order valence-electron chi connectivity index (χ3n) is 5.32. The Hall–Kier alpha value is -4.12. The molecule has 0 aliphatic heterocycles. The monoisotopic (exact) mass is 547 g/mol. The Morgan fingerprint density at radius 2 is 1.21 bits per heavy atom. The molecule has 0 fully saturated rings. The Kier molecular flexibility index (Phi) is 14.8. The maximum Gasteiger partial charge on any atom is 0.303 e. The van der Waals surface area contributed by atoms with Gasteiger partial charge in [-0.05, 0) is 25.7 Å². The van der Waals surface area contributed by atoms with Crippen LogP contribution in [0.15, 0.2) is 0 Å². The van der Waals surface area contributed by atoms with E-state index in [1.807, 2.05) is 0 Å². The molecule has 3 amide bonds. The number of nitrogens with two attached hydrogens (primary N) is 2. The molecule has 38 heavy (non-hydrogen) atoms. The molecule has 0 bridgehead atoms. The normalized spacial score (nSPS) is 14.7. The van der Waals surface area contributed by atoms with Gasteiger partial charge in [0.15, 0.2) is 0 Å². The number of carbonyl (C=O) groups excluding carboxylic acids is 4. The molecular weight excluding hydrogens is 514 g/mol. The minimum absolute atomic E-state index is 0.185. The maximum absolute atomic E-state index is 13.0. The van der Waals surface area contributed by atoms with Crippen LogP contribution in [0.5, 0.6) is 0 Å². The lowest BCUT2D eigenvalue weighted by Crippen LogP contribution is -2.62. The van der Waals surface area contributed by atoms with E-state index < -0.39 is 110 Å². The number of amides is 3. The number of hydrogen-bond acceptors (Lipinski definition) is 10. The predicted molar refractivity (Wildman–Crippen MR) is 125 cm³/mol. The van der Waals surface area contributed by atoms with Crippen molar-refractivity contribution in [2.45, 2.75) is 75.0 Å². The lowest BCUT2D eigenvalue weighted by Gasteiger charge is -2.32. The summed E-state index contributed by atoms with van der Waals surface area (Å²) in [7, 11) is 0. The molecule has 0 radical (unpaired) electrons. The number of carboxylic acid groups (broad SMARTS) is 4. The van der Waals surface area contributed by atoms with Crippen molar-refractivity contribution in [2.75, 3.05) is 6.54 Å². The van der Waals surface area contributed by atoms with Gasteiger partial charge in [0.2, 0.25) is 17.7 Å². The van der Waals surface area contributed by atoms with Gasteiger partial charge in [0.1, 0.15) is 17.9 Å². The third kappa shape index (κ3) is 13.8. The summed E-state index contributed by atoms with van der Waals surface area (Å²) in [5.74, 6) is -8.18. The molecule has 0 heterocycles. The summed E-state index contributed by atoms with van der Waals surface area (Å²) in [6.07, 6.45) is -3.54. The second kappa shape index (κ2) is 16.6. The van der Waals surface area contributed by atoms with Crippen molar-refractivity contribution in [3.05, 3.63) is 0 Å². The average molecular weight is 548 g/mol. The first-order valence-corrected chi connectivity index (χ1v) is 11.4. The Morgan fingerprint density at radius 3 is 1.66 bits per heavy atom. The SMILES string of the molecule is NC(=O)C(CCC(=O)O)NCC(C=O)(CCC(=O)O)NC(=O)C(CCC(=O)O)NC(=O)C(N)CCC(=O)O. The number of carboxylic acids is 4. The smallest absolute Gasteiger partial charge is 0.303 e. The third-order valence-corrected chi connectivity index (χ3v) is 5.32. The molecule has 0 aromatic rings. The van der Waals surface area contributed by atoms with Crippen LogP contribution in [0.1, 0.15) is 51.4 Å². The molecule has 11 N–H and O–H groups in total. The van der Waals surface area contributed by atoms with Crippen LogP contribution in [0.4, 0.5) is 0 Å². The van der Waals surface area contributed by atoms with Gasteiger partial charge in [0.05, 0.1) is 12.1 Å². The van der Waals surface area contributed by atoms with Crippen molar-refractivity contribution in [1.82, 2.24) is 16.0 Å². The topological polar surface area (TPSA) is 306 Å². The van der Waals surface area contributed by atoms with Gasteiger partial charge < -0.3 is 52.6 Å². The summed E-state index contributed by atoms with van der Waals surface area (Å²) in [5.41, 5.74) is 8.87. The quantitative estimate of drug-likeness (QED) is 0.0638. The van der Waals surface area contributed by atoms with E-state index in [9.17, 15) is 38.4 Å². The summed E-state index contributed by atoms with van der Waals surface area (Å²) < 4.78 is 0. The largest absolute Gasteiger partial charge is 0.481 e. The molecule has 0 aromatic carbocycles. The minimum Gasteiger partial charge on any atom is -0.481 e. The average Bonchev–Trinajstić information content (AvgIpc) is 2.82. The first kappa shape index (κ1) is 33.9. The first-order chi connectivity index (χ1) is 17.6. The van der Waals surface area contributed by atoms with Crippen molar-refractivity contribution >= 4 is 47.9 Å². The second-order valence-corrected chi connectivity index (χ2v) is 8.46. The zero-order valence-electron chi connectivity index (χ0n) is 20.4. The van der Waals surface area contributed by atoms with Gasteiger partial charge in [-0.2, -0.15) is 0 Å². The lowest BCUT2D eigenvalue weighted by molar-refractivity contribution is -0.140. The van der Waals surface area contributed by atoms with Gasteiger partial charge >= 0.3 is 23.9 Å². The molecule has 4 unspecified atom stereocenters. The zero-order chi connectivity index (χ0) is 29.5. The molecule has 17 heteroatoms. The highest BCUT2D eigenvalue weighted by Gasteiger charge is 2.36. The highest BCUT2D eigenvalue weighted by Crippen LogP contribution is 2.13. The fraction of sp³-hybridized carbons (Fsp3) is 0.619. The predicted octanol–water partition coefficient (Wildman–Crippen LogP) is -3.24. The van der Waals surface area contributed by atoms with Crippen LogP contribution < -0.4 is 27.4 Å². The Bertz CT molecular complexity index is 911. The zero-order valence-corrected chi connectivity index (χ0v) is 20.4. The van der Waals surface area contributed by atoms with E-state index in [0.717, 1.165) is 0 Å². The Balaban J connectivity index is 5.85. The van der Waals surface area contributed by atoms with Crippen molar-refractivity contribution in [3.8, 4) is 0 Å². The van der Waals surface area contributed by atoms with E-state index in [4.69, 9.17) is 31.9 Å². The standard InChI is InChI=1S/C21H33N5O12/c22-11(1-4-14(28)29)19(37)25-13(3-6-16(32)33)20(38)26-21(10-27,8-7-17(34)35)9-24-12(18(23)36)2-5-15(30)31/h10-13,24H,1-9,22H2,(H2,23,36)(H,25,37)(H,26,38)(H,28,29)(H,30,31)(H,32,33)(H,34,35). The van der Waals surface area contributed by atoms with Gasteiger partial charge in [-0.3, -0.25) is 33.6 Å². The van der Waals surface area contributed by atoms with Crippen LogP contribution in [-0.4, -0.2) is 98.5 Å². The molecular formula is C21H33N5O12. The molecule has 214 valence electrons. The van der Waals surface area contributed by atoms with E-state index >= 15 is 0 Å². The van der Waals surface area contributed by atoms with E-state index in [2.05, 4.69) is 16.0 Å². The van der Waals surface area contributed by atoms with Gasteiger partial charge in [0, 0.05) is 32.2 Å². The molecule has 4 atom stereocenters. The summed E-state index contributed by atoms with van der Waals surface area (Å²) in [6, 6.07) is -4.19. The van der Waals surface area contributed by atoms with E-state index in [-0.39, 0.29) is 19.1 Å². The van der Waals surface area contributed by atoms with Crippen molar-refractivity contribution < 1.29 is 58.8 Å². The molecule has 0 saturated heterocycles. The lowest BCUT2D eigenvalue weighted by atomic mass is 9.93. The Labute approximate surface area is 216 Å². The summed E-state index contributed by atoms with van der Waals surface area (Å²) in [6.45, 7) is -0.569. The number of aldehydes is 1. The van der Waals surface area contributed by atoms with Gasteiger partial charge in [-0.25, -0.2) is 0 Å². The minimum atomic E-state index is -2.00. The molecule has 0 aromatic heterocycles. The molecule has 0 aliphatic rings. The van der Waals surface area contributed by atoms with Crippen LogP contribution in [0.3, 0.4) is 0 Å². The number of nitrogens with one attached hydrogen (secondary N) is 3. The fourth-order valence-electron chi connectivity index (χ4n) is 3.13. The number of primary amides is 1. The molecule has 0 spiro atoms. The van der Waals surface area contributed by atoms with Crippen LogP contribution in [0.2, 0.25) is 0 Å². The summed E-state index contributed by atoms with van der Waals surface area (Å²) in [5, 5.41) is 42.6. The van der Waals surface area contributed by atoms with E-state index in [1.54, 1.807) is 0 Å². The maximum atomic E-state index is 13.0. The molecule has 17 nitrogen and oxygen atoms in total. The van der Waals surface area contributed by atoms with E-state index in [1.165, 1.54) is 0 Å². The highest BCUT2D eigenvalue weighted by molar-refractivity contribution is 5.92. The van der Waals surface area contributed by atoms with Gasteiger partial charge in [-0.1, -0.05) is 0 Å². The number of rotatable bonds is 21. The van der Waals surface area contributed by atoms with Crippen LogP contribution in [0, 0.1) is 0 Å². The number of carbonyl (C=O) groups is 8. The summed E-state index contributed by atoms with van der Waals surface area (Å²) in [4.78, 5) is 92.9. The first-order valence-electron chi connectivity index (χ1n) is 11.4. The van der Waals surface area contributed by atoms with Crippen molar-refractivity contribution in [3.63, 3.8) is 0 Å². The van der Waals surface area contributed by atoms with Gasteiger partial charge in [-0.15, -0.1) is 0 Å². The fourth-order valence-corrected chi connectivity index (χ4v) is 3.13. The molecule has 0 aliphatic carbocycles. The highest BCUT2D eigenvalue weighted by atomic mass is 16.4. The van der Waals surface area contributed by atoms with Crippen LogP contribution >= 0.6 is 0 Å². The Morgan fingerprint density at radius 1 is 0.737 bits per heavy atom. The van der Waals surface area contributed by atoms with Crippen molar-refractivity contribution in [2.24, 2.45) is 11.5 Å². The number of hydrogen-bond donors (Lipinski definition) is 9. The van der Waals surface area contributed by atoms with Crippen molar-refractivity contribution in [1.29, 1.82) is 0 Å². The van der Waals surface area contributed by atoms with E-state index in [0.29, 0.717) is 0 Å². The van der Waals surface area contributed by atoms with Gasteiger partial charge in [0.25, 0.3) is 0 Å². The van der Waals surface area contributed by atoms with Crippen LogP contribution in [-0.2, 0) is 38.4 Å². The number of aliphatic carboxylic acids is 4.